The number of nitrogens with zero attached hydrogens (tertiary/aromatic N) is 3. The molecule has 102 valence electrons. The van der Waals surface area contributed by atoms with E-state index in [1.54, 1.807) is 0 Å². The number of aliphatic carboxylic acids is 1. The molecule has 0 fully saturated rings. The topological polar surface area (TPSA) is 147 Å². The number of aryl methyl sites for hydroxylation is 1. The van der Waals surface area contributed by atoms with Gasteiger partial charge in [-0.05, 0) is 6.42 Å². The van der Waals surface area contributed by atoms with Gasteiger partial charge in [0.2, 0.25) is 5.95 Å². The van der Waals surface area contributed by atoms with Gasteiger partial charge in [-0.25, -0.2) is 4.98 Å². The predicted molar refractivity (Wildman–Crippen MR) is 65.4 cm³/mol. The van der Waals surface area contributed by atoms with Crippen LogP contribution < -0.4 is 11.3 Å². The van der Waals surface area contributed by atoms with Gasteiger partial charge in [-0.15, -0.1) is 0 Å². The highest BCUT2D eigenvalue weighted by Crippen LogP contribution is 2.10. The standard InChI is InChI=1S/C10H13N5O4/c11-10-13-7-6(8(17)14-10)12-4-15(7)2-1-5(3-16)9(18)19/h4-5,16H,1-3H2,(H,18,19)(H3,11,13,14,17)/t5-/m1/s1. The summed E-state index contributed by atoms with van der Waals surface area (Å²) in [5.41, 5.74) is 5.43. The third-order valence-corrected chi connectivity index (χ3v) is 2.78. The first kappa shape index (κ1) is 13.0. The Morgan fingerprint density at radius 2 is 2.32 bits per heavy atom. The molecule has 2 aromatic rings. The second-order valence-electron chi connectivity index (χ2n) is 4.07. The van der Waals surface area contributed by atoms with Crippen LogP contribution in [-0.2, 0) is 11.3 Å². The Morgan fingerprint density at radius 1 is 1.58 bits per heavy atom. The normalized spacial score (nSPS) is 12.7. The molecule has 9 heteroatoms. The number of fused-ring (bicyclic) bond motifs is 1. The number of anilines is 1. The molecule has 2 rings (SSSR count). The maximum Gasteiger partial charge on any atom is 0.308 e. The van der Waals surface area contributed by atoms with Crippen molar-refractivity contribution in [2.24, 2.45) is 5.92 Å². The molecule has 0 spiro atoms. The molecule has 9 nitrogen and oxygen atoms in total. The highest BCUT2D eigenvalue weighted by molar-refractivity contribution is 5.71. The zero-order chi connectivity index (χ0) is 14.0. The van der Waals surface area contributed by atoms with E-state index in [9.17, 15) is 9.59 Å². The predicted octanol–water partition coefficient (Wildman–Crippen LogP) is -1.22. The fourth-order valence-corrected chi connectivity index (χ4v) is 1.72. The molecule has 19 heavy (non-hydrogen) atoms. The van der Waals surface area contributed by atoms with Gasteiger partial charge < -0.3 is 20.5 Å². The van der Waals surface area contributed by atoms with Crippen LogP contribution >= 0.6 is 0 Å². The molecule has 0 aliphatic carbocycles. The van der Waals surface area contributed by atoms with Gasteiger partial charge in [-0.2, -0.15) is 4.98 Å². The molecule has 2 heterocycles. The second kappa shape index (κ2) is 5.06. The van der Waals surface area contributed by atoms with Crippen LogP contribution in [-0.4, -0.2) is 42.3 Å². The maximum atomic E-state index is 11.5. The summed E-state index contributed by atoms with van der Waals surface area (Å²) in [6, 6.07) is 0. The lowest BCUT2D eigenvalue weighted by Crippen LogP contribution is -2.20. The van der Waals surface area contributed by atoms with Gasteiger partial charge in [0, 0.05) is 6.54 Å². The van der Waals surface area contributed by atoms with E-state index in [1.165, 1.54) is 10.9 Å². The van der Waals surface area contributed by atoms with Crippen LogP contribution in [0.3, 0.4) is 0 Å². The molecule has 0 saturated heterocycles. The number of nitrogens with two attached hydrogens (primary N) is 1. The van der Waals surface area contributed by atoms with Gasteiger partial charge >= 0.3 is 5.97 Å². The summed E-state index contributed by atoms with van der Waals surface area (Å²) in [5.74, 6) is -1.97. The lowest BCUT2D eigenvalue weighted by molar-refractivity contribution is -0.143. The number of carboxylic acids is 1. The number of aromatic nitrogens is 4. The first-order valence-electron chi connectivity index (χ1n) is 5.57. The number of rotatable bonds is 5. The number of nitrogen functional groups attached to an aromatic ring is 1. The van der Waals surface area contributed by atoms with Gasteiger partial charge in [0.05, 0.1) is 18.9 Å². The van der Waals surface area contributed by atoms with E-state index in [4.69, 9.17) is 15.9 Å². The Morgan fingerprint density at radius 3 is 2.95 bits per heavy atom. The lowest BCUT2D eigenvalue weighted by Gasteiger charge is -2.09. The van der Waals surface area contributed by atoms with E-state index in [1.807, 2.05) is 0 Å². The molecule has 0 radical (unpaired) electrons. The Kier molecular flexibility index (Phi) is 3.47. The van der Waals surface area contributed by atoms with Gasteiger partial charge in [0.25, 0.3) is 5.56 Å². The van der Waals surface area contributed by atoms with Crippen LogP contribution in [0.1, 0.15) is 6.42 Å². The molecule has 5 N–H and O–H groups in total. The number of hydrogen-bond acceptors (Lipinski definition) is 6. The molecule has 0 aliphatic heterocycles. The average Bonchev–Trinajstić information content (AvgIpc) is 2.73. The monoisotopic (exact) mass is 267 g/mol. The number of nitrogens with one attached hydrogen (secondary N) is 1. The van der Waals surface area contributed by atoms with E-state index in [0.717, 1.165) is 0 Å². The summed E-state index contributed by atoms with van der Waals surface area (Å²) >= 11 is 0. The van der Waals surface area contributed by atoms with Crippen LogP contribution in [0.5, 0.6) is 0 Å². The lowest BCUT2D eigenvalue weighted by atomic mass is 10.1. The van der Waals surface area contributed by atoms with Gasteiger partial charge in [0.1, 0.15) is 0 Å². The molecule has 2 aromatic heterocycles. The smallest absolute Gasteiger partial charge is 0.308 e. The van der Waals surface area contributed by atoms with Crippen molar-refractivity contribution >= 4 is 23.1 Å². The van der Waals surface area contributed by atoms with Crippen molar-refractivity contribution in [3.8, 4) is 0 Å². The summed E-state index contributed by atoms with van der Waals surface area (Å²) in [7, 11) is 0. The molecule has 0 aromatic carbocycles. The minimum atomic E-state index is -1.07. The summed E-state index contributed by atoms with van der Waals surface area (Å²) in [4.78, 5) is 32.5. The number of H-pyrrole nitrogens is 1. The van der Waals surface area contributed by atoms with Crippen molar-refractivity contribution in [2.75, 3.05) is 12.3 Å². The fourth-order valence-electron chi connectivity index (χ4n) is 1.72. The molecule has 1 atom stereocenters. The summed E-state index contributed by atoms with van der Waals surface area (Å²) in [6.07, 6.45) is 1.59. The van der Waals surface area contributed by atoms with Crippen LogP contribution in [0, 0.1) is 5.92 Å². The number of imidazole rings is 1. The van der Waals surface area contributed by atoms with Crippen molar-refractivity contribution < 1.29 is 15.0 Å². The van der Waals surface area contributed by atoms with Crippen LogP contribution in [0.4, 0.5) is 5.95 Å². The highest BCUT2D eigenvalue weighted by atomic mass is 16.4. The first-order valence-corrected chi connectivity index (χ1v) is 5.57. The second-order valence-corrected chi connectivity index (χ2v) is 4.07. The number of carboxylic acid groups (broad SMARTS) is 1. The number of carbonyl (C=O) groups is 1. The first-order chi connectivity index (χ1) is 9.02. The molecule has 0 amide bonds. The Hall–Kier alpha value is -2.42. The van der Waals surface area contributed by atoms with E-state index in [2.05, 4.69) is 15.0 Å². The van der Waals surface area contributed by atoms with Crippen molar-refractivity contribution in [3.05, 3.63) is 16.7 Å². The maximum absolute atomic E-state index is 11.5. The minimum absolute atomic E-state index is 0.0313. The summed E-state index contributed by atoms with van der Waals surface area (Å²) in [5, 5.41) is 17.8. The molecule has 0 unspecified atom stereocenters. The van der Waals surface area contributed by atoms with Crippen molar-refractivity contribution in [3.63, 3.8) is 0 Å². The number of aliphatic hydroxyl groups is 1. The highest BCUT2D eigenvalue weighted by Gasteiger charge is 2.17. The van der Waals surface area contributed by atoms with E-state index in [-0.39, 0.29) is 24.4 Å². The third kappa shape index (κ3) is 2.55. The number of aromatic amines is 1. The Bertz CT molecular complexity index is 661. The van der Waals surface area contributed by atoms with E-state index >= 15 is 0 Å². The zero-order valence-electron chi connectivity index (χ0n) is 9.91. The van der Waals surface area contributed by atoms with Gasteiger partial charge in [-0.3, -0.25) is 14.6 Å². The largest absolute Gasteiger partial charge is 0.481 e. The van der Waals surface area contributed by atoms with Crippen LogP contribution in [0.25, 0.3) is 11.2 Å². The van der Waals surface area contributed by atoms with Crippen molar-refractivity contribution in [1.29, 1.82) is 0 Å². The molecular weight excluding hydrogens is 254 g/mol. The molecule has 0 aliphatic rings. The molecule has 0 bridgehead atoms. The van der Waals surface area contributed by atoms with E-state index < -0.39 is 24.1 Å². The third-order valence-electron chi connectivity index (χ3n) is 2.78. The Labute approximate surface area is 106 Å². The van der Waals surface area contributed by atoms with Crippen LogP contribution in [0.2, 0.25) is 0 Å². The Balaban J connectivity index is 2.27. The van der Waals surface area contributed by atoms with Crippen LogP contribution in [0.15, 0.2) is 11.1 Å². The average molecular weight is 267 g/mol. The van der Waals surface area contributed by atoms with Crippen molar-refractivity contribution in [2.45, 2.75) is 13.0 Å². The molecular formula is C10H13N5O4. The quantitative estimate of drug-likeness (QED) is 0.531. The SMILES string of the molecule is Nc1nc2c(ncn2CC[C@H](CO)C(=O)O)c(=O)[nH]1. The van der Waals surface area contributed by atoms with Gasteiger partial charge in [-0.1, -0.05) is 0 Å². The zero-order valence-corrected chi connectivity index (χ0v) is 9.91. The van der Waals surface area contributed by atoms with E-state index in [0.29, 0.717) is 5.65 Å². The van der Waals surface area contributed by atoms with Gasteiger partial charge in [0.15, 0.2) is 11.2 Å². The van der Waals surface area contributed by atoms with Crippen molar-refractivity contribution in [1.82, 2.24) is 19.5 Å². The summed E-state index contributed by atoms with van der Waals surface area (Å²) in [6.45, 7) is -0.179. The minimum Gasteiger partial charge on any atom is -0.481 e. The number of hydrogen-bond donors (Lipinski definition) is 4. The summed E-state index contributed by atoms with van der Waals surface area (Å²) < 4.78 is 1.53. The molecule has 0 saturated carbocycles. The fraction of sp³-hybridized carbons (Fsp3) is 0.400. The number of aliphatic hydroxyl groups excluding tert-OH is 1.